The molecule has 1 aromatic heterocycles. The Balaban J connectivity index is 1.64. The Hall–Kier alpha value is -3.20. The highest BCUT2D eigenvalue weighted by Gasteiger charge is 2.50. The zero-order valence-electron chi connectivity index (χ0n) is 15.4. The van der Waals surface area contributed by atoms with Crippen molar-refractivity contribution in [2.45, 2.75) is 19.4 Å². The molecule has 146 valence electrons. The van der Waals surface area contributed by atoms with Crippen LogP contribution in [0.4, 0.5) is 10.5 Å². The second-order valence-electron chi connectivity index (χ2n) is 6.27. The summed E-state index contributed by atoms with van der Waals surface area (Å²) in [6, 6.07) is 9.08. The van der Waals surface area contributed by atoms with E-state index < -0.39 is 35.9 Å². The maximum atomic E-state index is 12.7. The van der Waals surface area contributed by atoms with Crippen LogP contribution < -0.4 is 10.6 Å². The molecule has 0 radical (unpaired) electrons. The molecule has 0 saturated carbocycles. The van der Waals surface area contributed by atoms with E-state index in [0.717, 1.165) is 4.90 Å². The van der Waals surface area contributed by atoms with Crippen LogP contribution in [0.5, 0.6) is 0 Å². The van der Waals surface area contributed by atoms with Gasteiger partial charge in [-0.25, -0.2) is 9.59 Å². The summed E-state index contributed by atoms with van der Waals surface area (Å²) in [5, 5.41) is 7.07. The van der Waals surface area contributed by atoms with E-state index in [1.807, 2.05) is 5.38 Å². The molecule has 1 atom stereocenters. The first kappa shape index (κ1) is 19.6. The van der Waals surface area contributed by atoms with Gasteiger partial charge in [-0.3, -0.25) is 14.5 Å². The number of hydrogen-bond donors (Lipinski definition) is 2. The standard InChI is InChI=1S/C19H19N3O5S/c1-3-27-16(24)12-6-8-13(9-7-12)20-15(23)11-22-17(25)19(2,21-18(22)26)14-5-4-10-28-14/h4-10H,3,11H2,1-2H3,(H,20,23)(H,21,26)/t19-/m0/s1. The van der Waals surface area contributed by atoms with Gasteiger partial charge in [0.1, 0.15) is 6.54 Å². The molecule has 28 heavy (non-hydrogen) atoms. The molecule has 9 heteroatoms. The number of esters is 1. The minimum Gasteiger partial charge on any atom is -0.462 e. The predicted octanol–water partition coefficient (Wildman–Crippen LogP) is 2.33. The van der Waals surface area contributed by atoms with Crippen LogP contribution in [-0.4, -0.2) is 41.9 Å². The molecule has 0 bridgehead atoms. The number of rotatable bonds is 6. The highest BCUT2D eigenvalue weighted by Crippen LogP contribution is 2.31. The van der Waals surface area contributed by atoms with E-state index in [0.29, 0.717) is 16.1 Å². The number of hydrogen-bond acceptors (Lipinski definition) is 6. The van der Waals surface area contributed by atoms with Crippen molar-refractivity contribution in [2.24, 2.45) is 0 Å². The second kappa shape index (κ2) is 7.81. The first-order chi connectivity index (χ1) is 13.3. The highest BCUT2D eigenvalue weighted by atomic mass is 32.1. The molecule has 1 aliphatic rings. The van der Waals surface area contributed by atoms with E-state index in [1.165, 1.54) is 23.5 Å². The fourth-order valence-corrected chi connectivity index (χ4v) is 3.65. The number of urea groups is 1. The lowest BCUT2D eigenvalue weighted by atomic mass is 10.0. The van der Waals surface area contributed by atoms with Gasteiger partial charge in [-0.15, -0.1) is 11.3 Å². The minimum absolute atomic E-state index is 0.271. The third kappa shape index (κ3) is 3.74. The predicted molar refractivity (Wildman–Crippen MR) is 103 cm³/mol. The van der Waals surface area contributed by atoms with Gasteiger partial charge in [0.25, 0.3) is 5.91 Å². The third-order valence-corrected chi connectivity index (χ3v) is 5.36. The Kier molecular flexibility index (Phi) is 5.46. The van der Waals surface area contributed by atoms with Crippen LogP contribution in [0.15, 0.2) is 41.8 Å². The SMILES string of the molecule is CCOC(=O)c1ccc(NC(=O)CN2C(=O)N[C@@](C)(c3cccs3)C2=O)cc1. The van der Waals surface area contributed by atoms with Gasteiger partial charge in [0.15, 0.2) is 5.54 Å². The van der Waals surface area contributed by atoms with Crippen molar-refractivity contribution >= 4 is 40.8 Å². The summed E-state index contributed by atoms with van der Waals surface area (Å²) < 4.78 is 4.90. The van der Waals surface area contributed by atoms with Gasteiger partial charge in [-0.1, -0.05) is 6.07 Å². The van der Waals surface area contributed by atoms with E-state index in [4.69, 9.17) is 4.74 Å². The maximum absolute atomic E-state index is 12.7. The first-order valence-electron chi connectivity index (χ1n) is 8.60. The number of benzene rings is 1. The fourth-order valence-electron chi connectivity index (χ4n) is 2.82. The Bertz CT molecular complexity index is 910. The van der Waals surface area contributed by atoms with Crippen LogP contribution in [-0.2, 0) is 19.9 Å². The van der Waals surface area contributed by atoms with Gasteiger partial charge in [0.05, 0.1) is 12.2 Å². The number of nitrogens with one attached hydrogen (secondary N) is 2. The largest absolute Gasteiger partial charge is 0.462 e. The van der Waals surface area contributed by atoms with Crippen molar-refractivity contribution in [1.82, 2.24) is 10.2 Å². The molecular formula is C19H19N3O5S. The van der Waals surface area contributed by atoms with Crippen LogP contribution in [0.25, 0.3) is 0 Å². The summed E-state index contributed by atoms with van der Waals surface area (Å²) in [7, 11) is 0. The Labute approximate surface area is 165 Å². The maximum Gasteiger partial charge on any atom is 0.338 e. The molecule has 3 rings (SSSR count). The third-order valence-electron chi connectivity index (χ3n) is 4.27. The summed E-state index contributed by atoms with van der Waals surface area (Å²) in [6.07, 6.45) is 0. The van der Waals surface area contributed by atoms with Gasteiger partial charge in [-0.05, 0) is 49.6 Å². The molecule has 0 spiro atoms. The Morgan fingerprint density at radius 1 is 1.21 bits per heavy atom. The van der Waals surface area contributed by atoms with Crippen molar-refractivity contribution in [2.75, 3.05) is 18.5 Å². The number of thiophene rings is 1. The normalized spacial score (nSPS) is 18.7. The molecule has 2 aromatic rings. The highest BCUT2D eigenvalue weighted by molar-refractivity contribution is 7.10. The Morgan fingerprint density at radius 3 is 2.54 bits per heavy atom. The molecule has 0 unspecified atom stereocenters. The van der Waals surface area contributed by atoms with E-state index in [2.05, 4.69) is 10.6 Å². The van der Waals surface area contributed by atoms with Crippen LogP contribution in [0, 0.1) is 0 Å². The summed E-state index contributed by atoms with van der Waals surface area (Å²) in [4.78, 5) is 50.5. The monoisotopic (exact) mass is 401 g/mol. The number of carbonyl (C=O) groups is 4. The summed E-state index contributed by atoms with van der Waals surface area (Å²) in [5.41, 5.74) is -0.376. The van der Waals surface area contributed by atoms with Gasteiger partial charge < -0.3 is 15.4 Å². The van der Waals surface area contributed by atoms with Crippen LogP contribution >= 0.6 is 11.3 Å². The van der Waals surface area contributed by atoms with E-state index in [1.54, 1.807) is 38.1 Å². The topological polar surface area (TPSA) is 105 Å². The van der Waals surface area contributed by atoms with Crippen molar-refractivity contribution < 1.29 is 23.9 Å². The van der Waals surface area contributed by atoms with Gasteiger partial charge in [-0.2, -0.15) is 0 Å². The number of nitrogens with zero attached hydrogens (tertiary/aromatic N) is 1. The zero-order chi connectivity index (χ0) is 20.3. The lowest BCUT2D eigenvalue weighted by Gasteiger charge is -2.20. The smallest absolute Gasteiger partial charge is 0.338 e. The van der Waals surface area contributed by atoms with E-state index >= 15 is 0 Å². The lowest BCUT2D eigenvalue weighted by Crippen LogP contribution is -2.41. The molecule has 1 fully saturated rings. The van der Waals surface area contributed by atoms with Gasteiger partial charge in [0, 0.05) is 10.6 Å². The molecule has 0 aliphatic carbocycles. The average molecular weight is 401 g/mol. The molecule has 8 nitrogen and oxygen atoms in total. The van der Waals surface area contributed by atoms with Crippen molar-refractivity contribution in [3.63, 3.8) is 0 Å². The second-order valence-corrected chi connectivity index (χ2v) is 7.22. The number of ether oxygens (including phenoxy) is 1. The van der Waals surface area contributed by atoms with Gasteiger partial charge in [0.2, 0.25) is 5.91 Å². The van der Waals surface area contributed by atoms with Crippen molar-refractivity contribution in [3.8, 4) is 0 Å². The average Bonchev–Trinajstić information content (AvgIpc) is 3.27. The van der Waals surface area contributed by atoms with E-state index in [9.17, 15) is 19.2 Å². The summed E-state index contributed by atoms with van der Waals surface area (Å²) in [6.45, 7) is 3.19. The van der Waals surface area contributed by atoms with Crippen molar-refractivity contribution in [1.29, 1.82) is 0 Å². The quantitative estimate of drug-likeness (QED) is 0.571. The number of carbonyl (C=O) groups excluding carboxylic acids is 4. The number of anilines is 1. The molecule has 2 N–H and O–H groups in total. The molecule has 1 saturated heterocycles. The number of imide groups is 1. The van der Waals surface area contributed by atoms with Crippen LogP contribution in [0.2, 0.25) is 0 Å². The van der Waals surface area contributed by atoms with Crippen LogP contribution in [0.3, 0.4) is 0 Å². The Morgan fingerprint density at radius 2 is 1.93 bits per heavy atom. The van der Waals surface area contributed by atoms with Gasteiger partial charge >= 0.3 is 12.0 Å². The molecule has 1 aliphatic heterocycles. The van der Waals surface area contributed by atoms with Crippen LogP contribution in [0.1, 0.15) is 29.1 Å². The molecule has 1 aromatic carbocycles. The first-order valence-corrected chi connectivity index (χ1v) is 9.48. The lowest BCUT2D eigenvalue weighted by molar-refractivity contribution is -0.133. The van der Waals surface area contributed by atoms with Crippen molar-refractivity contribution in [3.05, 3.63) is 52.2 Å². The summed E-state index contributed by atoms with van der Waals surface area (Å²) >= 11 is 1.35. The fraction of sp³-hybridized carbons (Fsp3) is 0.263. The zero-order valence-corrected chi connectivity index (χ0v) is 16.2. The minimum atomic E-state index is -1.17. The molecule has 2 heterocycles. The number of amides is 4. The molecular weight excluding hydrogens is 382 g/mol. The van der Waals surface area contributed by atoms with E-state index in [-0.39, 0.29) is 6.61 Å². The summed E-state index contributed by atoms with van der Waals surface area (Å²) in [5.74, 6) is -1.46. The molecule has 4 amide bonds.